The van der Waals surface area contributed by atoms with Gasteiger partial charge in [0.1, 0.15) is 5.76 Å². The monoisotopic (exact) mass is 477 g/mol. The molecule has 6 heteroatoms. The molecule has 0 atom stereocenters. The van der Waals surface area contributed by atoms with E-state index in [0.29, 0.717) is 24.3 Å². The Morgan fingerprint density at radius 2 is 1.72 bits per heavy atom. The van der Waals surface area contributed by atoms with Crippen molar-refractivity contribution in [2.24, 2.45) is 5.10 Å². The molecule has 1 aliphatic heterocycles. The molecule has 0 unspecified atom stereocenters. The van der Waals surface area contributed by atoms with E-state index in [0.717, 1.165) is 64.7 Å². The van der Waals surface area contributed by atoms with Crippen molar-refractivity contribution in [3.63, 3.8) is 0 Å². The summed E-state index contributed by atoms with van der Waals surface area (Å²) in [6.07, 6.45) is 4.21. The summed E-state index contributed by atoms with van der Waals surface area (Å²) in [4.78, 5) is 28.5. The Labute approximate surface area is 209 Å². The van der Waals surface area contributed by atoms with E-state index in [9.17, 15) is 9.59 Å². The minimum Gasteiger partial charge on any atom is -0.455 e. The van der Waals surface area contributed by atoms with Gasteiger partial charge in [0, 0.05) is 35.3 Å². The third-order valence-corrected chi connectivity index (χ3v) is 7.20. The highest BCUT2D eigenvalue weighted by atomic mass is 16.4. The standard InChI is InChI=1S/C30H27N3O3/c1-19-27-24(31-32-29(34)23-14-6-11-20-9-2-4-13-22(20)23)15-7-17-26(27)36-28(19)30(35)33-18-8-12-21-10-3-5-16-25(21)33/h2-6,9-11,13-14,16H,7-8,12,15,17-18H2,1H3,(H,32,34)/b31-24+. The van der Waals surface area contributed by atoms with Gasteiger partial charge in [-0.15, -0.1) is 0 Å². The first-order valence-corrected chi connectivity index (χ1v) is 12.5. The molecule has 6 rings (SSSR count). The van der Waals surface area contributed by atoms with Gasteiger partial charge in [-0.2, -0.15) is 5.10 Å². The number of hydrogen-bond donors (Lipinski definition) is 1. The molecule has 0 radical (unpaired) electrons. The molecule has 2 aliphatic rings. The largest absolute Gasteiger partial charge is 0.455 e. The van der Waals surface area contributed by atoms with Crippen LogP contribution in [-0.2, 0) is 12.8 Å². The van der Waals surface area contributed by atoms with Gasteiger partial charge in [0.15, 0.2) is 5.76 Å². The highest BCUT2D eigenvalue weighted by Gasteiger charge is 2.32. The van der Waals surface area contributed by atoms with E-state index < -0.39 is 0 Å². The van der Waals surface area contributed by atoms with E-state index in [1.807, 2.05) is 66.4 Å². The van der Waals surface area contributed by atoms with Gasteiger partial charge in [-0.1, -0.05) is 54.6 Å². The number of furan rings is 1. The van der Waals surface area contributed by atoms with E-state index in [1.165, 1.54) is 5.56 Å². The molecule has 0 saturated carbocycles. The summed E-state index contributed by atoms with van der Waals surface area (Å²) in [7, 11) is 0. The lowest BCUT2D eigenvalue weighted by Gasteiger charge is -2.28. The Hall–Kier alpha value is -4.19. The number of hydrazone groups is 1. The maximum absolute atomic E-state index is 13.6. The number of hydrogen-bond acceptors (Lipinski definition) is 4. The molecular formula is C30H27N3O3. The van der Waals surface area contributed by atoms with E-state index in [2.05, 4.69) is 16.6 Å². The first kappa shape index (κ1) is 22.3. The Morgan fingerprint density at radius 3 is 2.64 bits per heavy atom. The average Bonchev–Trinajstić information content (AvgIpc) is 3.27. The second kappa shape index (κ2) is 9.11. The van der Waals surface area contributed by atoms with Gasteiger partial charge in [-0.3, -0.25) is 9.59 Å². The number of carbonyl (C=O) groups is 2. The van der Waals surface area contributed by atoms with Crippen molar-refractivity contribution in [1.82, 2.24) is 5.43 Å². The van der Waals surface area contributed by atoms with Crippen molar-refractivity contribution in [3.05, 3.63) is 101 Å². The Bertz CT molecular complexity index is 1530. The van der Waals surface area contributed by atoms with Crippen molar-refractivity contribution in [3.8, 4) is 0 Å². The number of rotatable bonds is 3. The molecule has 2 amide bonds. The molecule has 180 valence electrons. The van der Waals surface area contributed by atoms with E-state index in [1.54, 1.807) is 6.07 Å². The second-order valence-electron chi connectivity index (χ2n) is 9.42. The fraction of sp³-hybridized carbons (Fsp3) is 0.233. The molecule has 6 nitrogen and oxygen atoms in total. The topological polar surface area (TPSA) is 74.9 Å². The van der Waals surface area contributed by atoms with Gasteiger partial charge < -0.3 is 9.32 Å². The Balaban J connectivity index is 1.30. The van der Waals surface area contributed by atoms with Crippen molar-refractivity contribution >= 4 is 34.0 Å². The van der Waals surface area contributed by atoms with Crippen LogP contribution < -0.4 is 10.3 Å². The van der Waals surface area contributed by atoms with E-state index in [4.69, 9.17) is 4.42 Å². The highest BCUT2D eigenvalue weighted by Crippen LogP contribution is 2.33. The number of para-hydroxylation sites is 1. The minimum atomic E-state index is -0.256. The fourth-order valence-electron chi connectivity index (χ4n) is 5.45. The molecule has 36 heavy (non-hydrogen) atoms. The second-order valence-corrected chi connectivity index (χ2v) is 9.42. The zero-order valence-corrected chi connectivity index (χ0v) is 20.2. The molecule has 0 saturated heterocycles. The Morgan fingerprint density at radius 1 is 0.917 bits per heavy atom. The summed E-state index contributed by atoms with van der Waals surface area (Å²) in [5.41, 5.74) is 7.87. The number of fused-ring (bicyclic) bond motifs is 3. The van der Waals surface area contributed by atoms with E-state index in [-0.39, 0.29) is 11.8 Å². The highest BCUT2D eigenvalue weighted by molar-refractivity contribution is 6.11. The van der Waals surface area contributed by atoms with Crippen LogP contribution in [0.1, 0.15) is 62.6 Å². The molecule has 0 fully saturated rings. The quantitative estimate of drug-likeness (QED) is 0.379. The summed E-state index contributed by atoms with van der Waals surface area (Å²) in [6, 6.07) is 21.5. The van der Waals surface area contributed by atoms with Gasteiger partial charge in [0.2, 0.25) is 0 Å². The lowest BCUT2D eigenvalue weighted by atomic mass is 9.93. The van der Waals surface area contributed by atoms with Crippen molar-refractivity contribution in [1.29, 1.82) is 0 Å². The molecule has 0 spiro atoms. The first-order valence-electron chi connectivity index (χ1n) is 12.5. The van der Waals surface area contributed by atoms with Crippen LogP contribution in [-0.4, -0.2) is 24.1 Å². The summed E-state index contributed by atoms with van der Waals surface area (Å²) in [5, 5.41) is 6.41. The van der Waals surface area contributed by atoms with Gasteiger partial charge in [0.25, 0.3) is 11.8 Å². The maximum atomic E-state index is 13.6. The molecular weight excluding hydrogens is 450 g/mol. The van der Waals surface area contributed by atoms with Crippen LogP contribution >= 0.6 is 0 Å². The smallest absolute Gasteiger partial charge is 0.294 e. The summed E-state index contributed by atoms with van der Waals surface area (Å²) in [6.45, 7) is 2.58. The van der Waals surface area contributed by atoms with Crippen LogP contribution in [0, 0.1) is 6.92 Å². The zero-order chi connectivity index (χ0) is 24.6. The van der Waals surface area contributed by atoms with Gasteiger partial charge in [-0.05, 0) is 61.1 Å². The molecule has 4 aromatic rings. The normalized spacial score (nSPS) is 16.0. The Kier molecular flexibility index (Phi) is 5.64. The first-order chi connectivity index (χ1) is 17.6. The number of carbonyl (C=O) groups excluding carboxylic acids is 2. The van der Waals surface area contributed by atoms with Crippen molar-refractivity contribution in [2.45, 2.75) is 39.0 Å². The number of benzene rings is 3. The third kappa shape index (κ3) is 3.79. The zero-order valence-electron chi connectivity index (χ0n) is 20.2. The van der Waals surface area contributed by atoms with Crippen molar-refractivity contribution < 1.29 is 14.0 Å². The molecule has 1 N–H and O–H groups in total. The van der Waals surface area contributed by atoms with E-state index >= 15 is 0 Å². The number of aryl methyl sites for hydroxylation is 2. The van der Waals surface area contributed by atoms with Gasteiger partial charge in [0.05, 0.1) is 5.71 Å². The fourth-order valence-corrected chi connectivity index (χ4v) is 5.45. The van der Waals surface area contributed by atoms with Gasteiger partial charge >= 0.3 is 0 Å². The predicted molar refractivity (Wildman–Crippen MR) is 141 cm³/mol. The number of amides is 2. The van der Waals surface area contributed by atoms with Crippen molar-refractivity contribution in [2.75, 3.05) is 11.4 Å². The van der Waals surface area contributed by atoms with Crippen LogP contribution in [0.5, 0.6) is 0 Å². The average molecular weight is 478 g/mol. The predicted octanol–water partition coefficient (Wildman–Crippen LogP) is 5.80. The molecule has 0 bridgehead atoms. The number of nitrogens with zero attached hydrogens (tertiary/aromatic N) is 2. The molecule has 3 aromatic carbocycles. The third-order valence-electron chi connectivity index (χ3n) is 7.20. The summed E-state index contributed by atoms with van der Waals surface area (Å²) < 4.78 is 6.16. The summed E-state index contributed by atoms with van der Waals surface area (Å²) in [5.74, 6) is 0.763. The lowest BCUT2D eigenvalue weighted by molar-refractivity contribution is 0.0949. The minimum absolute atomic E-state index is 0.117. The summed E-state index contributed by atoms with van der Waals surface area (Å²) >= 11 is 0. The number of anilines is 1. The lowest BCUT2D eigenvalue weighted by Crippen LogP contribution is -2.35. The molecule has 1 aromatic heterocycles. The van der Waals surface area contributed by atoms with Crippen LogP contribution in [0.25, 0.3) is 10.8 Å². The van der Waals surface area contributed by atoms with Crippen LogP contribution in [0.3, 0.4) is 0 Å². The van der Waals surface area contributed by atoms with Crippen LogP contribution in [0.4, 0.5) is 5.69 Å². The maximum Gasteiger partial charge on any atom is 0.294 e. The SMILES string of the molecule is Cc1c(C(=O)N2CCCc3ccccc32)oc2c1/C(=N/NC(=O)c1cccc3ccccc13)CCC2. The molecule has 2 heterocycles. The van der Waals surface area contributed by atoms with Crippen LogP contribution in [0.2, 0.25) is 0 Å². The van der Waals surface area contributed by atoms with Gasteiger partial charge in [-0.25, -0.2) is 5.43 Å². The number of nitrogens with one attached hydrogen (secondary N) is 1. The van der Waals surface area contributed by atoms with Crippen LogP contribution in [0.15, 0.2) is 76.2 Å². The molecule has 1 aliphatic carbocycles.